The van der Waals surface area contributed by atoms with Crippen LogP contribution in [0.1, 0.15) is 34.1 Å². The molecule has 0 fully saturated rings. The number of hydrogen-bond donors (Lipinski definition) is 0. The van der Waals surface area contributed by atoms with Gasteiger partial charge in [-0.15, -0.1) is 5.10 Å². The summed E-state index contributed by atoms with van der Waals surface area (Å²) in [5, 5.41) is 12.7. The third kappa shape index (κ3) is 2.82. The Kier molecular flexibility index (Phi) is 4.16. The molecule has 8 nitrogen and oxygen atoms in total. The number of fused-ring (bicyclic) bond motifs is 2. The molecule has 29 heavy (non-hydrogen) atoms. The number of hydrogen-bond acceptors (Lipinski definition) is 7. The summed E-state index contributed by atoms with van der Waals surface area (Å²) >= 11 is 0. The van der Waals surface area contributed by atoms with Crippen LogP contribution in [0.25, 0.3) is 5.69 Å². The lowest BCUT2D eigenvalue weighted by molar-refractivity contribution is 0.170. The van der Waals surface area contributed by atoms with Crippen molar-refractivity contribution in [2.24, 2.45) is 0 Å². The average molecular weight is 393 g/mol. The normalized spacial score (nSPS) is 18.0. The summed E-state index contributed by atoms with van der Waals surface area (Å²) in [7, 11) is 3.74. The fraction of sp³-hybridized carbons (Fsp3) is 0.381. The van der Waals surface area contributed by atoms with Crippen LogP contribution in [0.3, 0.4) is 0 Å². The fourth-order valence-corrected chi connectivity index (χ4v) is 4.38. The number of tetrazole rings is 1. The number of aromatic nitrogens is 4. The summed E-state index contributed by atoms with van der Waals surface area (Å²) in [6.07, 6.45) is 0.889. The van der Waals surface area contributed by atoms with Gasteiger partial charge in [-0.2, -0.15) is 4.68 Å². The third-order valence-corrected chi connectivity index (χ3v) is 5.59. The van der Waals surface area contributed by atoms with Crippen molar-refractivity contribution < 1.29 is 14.2 Å². The standard InChI is InChI=1S/C21H23N5O3/c1-12-7-13(2)9-15(8-12)26-21(22-23-24-26)18-17-14(5-6-25(18)3)10-16-19(20(17)27-4)29-11-28-16/h7-10,18H,5-6,11H2,1-4H3. The fourth-order valence-electron chi connectivity index (χ4n) is 4.38. The molecule has 5 rings (SSSR count). The molecule has 1 aromatic heterocycles. The van der Waals surface area contributed by atoms with E-state index in [2.05, 4.69) is 65.6 Å². The summed E-state index contributed by atoms with van der Waals surface area (Å²) in [4.78, 5) is 2.25. The maximum Gasteiger partial charge on any atom is 0.231 e. The Morgan fingerprint density at radius 3 is 2.66 bits per heavy atom. The van der Waals surface area contributed by atoms with E-state index < -0.39 is 0 Å². The molecule has 8 heteroatoms. The quantitative estimate of drug-likeness (QED) is 0.677. The van der Waals surface area contributed by atoms with Crippen LogP contribution in [-0.4, -0.2) is 52.6 Å². The molecule has 2 aliphatic rings. The Morgan fingerprint density at radius 1 is 1.10 bits per heavy atom. The molecule has 2 aliphatic heterocycles. The highest BCUT2D eigenvalue weighted by Crippen LogP contribution is 2.50. The van der Waals surface area contributed by atoms with E-state index in [1.807, 2.05) is 4.68 Å². The Labute approximate surface area is 169 Å². The topological polar surface area (TPSA) is 74.5 Å². The predicted molar refractivity (Wildman–Crippen MR) is 106 cm³/mol. The Morgan fingerprint density at radius 2 is 1.90 bits per heavy atom. The van der Waals surface area contributed by atoms with Gasteiger partial charge in [0.2, 0.25) is 12.5 Å². The molecule has 0 N–H and O–H groups in total. The van der Waals surface area contributed by atoms with Gasteiger partial charge in [0.15, 0.2) is 17.3 Å². The number of likely N-dealkylation sites (N-methyl/N-ethyl adjacent to an activating group) is 1. The second-order valence-electron chi connectivity index (χ2n) is 7.64. The van der Waals surface area contributed by atoms with Crippen molar-refractivity contribution in [1.29, 1.82) is 0 Å². The number of methoxy groups -OCH3 is 1. The van der Waals surface area contributed by atoms with Gasteiger partial charge < -0.3 is 14.2 Å². The SMILES string of the molecule is COc1c2c(cc3c1C(c1nnnn1-c1cc(C)cc(C)c1)N(C)CC3)OCO2. The lowest BCUT2D eigenvalue weighted by Crippen LogP contribution is -2.35. The second kappa shape index (κ2) is 6.73. The number of benzene rings is 2. The van der Waals surface area contributed by atoms with Gasteiger partial charge in [0.25, 0.3) is 0 Å². The molecule has 0 aliphatic carbocycles. The first-order valence-electron chi connectivity index (χ1n) is 9.63. The molecule has 2 aromatic carbocycles. The van der Waals surface area contributed by atoms with Gasteiger partial charge in [-0.05, 0) is 72.6 Å². The van der Waals surface area contributed by atoms with Crippen LogP contribution in [0, 0.1) is 13.8 Å². The van der Waals surface area contributed by atoms with Crippen LogP contribution in [0.4, 0.5) is 0 Å². The largest absolute Gasteiger partial charge is 0.492 e. The Bertz CT molecular complexity index is 1070. The van der Waals surface area contributed by atoms with Crippen LogP contribution in [-0.2, 0) is 6.42 Å². The molecule has 150 valence electrons. The summed E-state index contributed by atoms with van der Waals surface area (Å²) in [5.41, 5.74) is 5.48. The van der Waals surface area contributed by atoms with Crippen molar-refractivity contribution in [2.75, 3.05) is 27.5 Å². The summed E-state index contributed by atoms with van der Waals surface area (Å²) < 4.78 is 19.0. The van der Waals surface area contributed by atoms with Crippen molar-refractivity contribution >= 4 is 0 Å². The molecular formula is C21H23N5O3. The van der Waals surface area contributed by atoms with E-state index >= 15 is 0 Å². The van der Waals surface area contributed by atoms with E-state index in [1.165, 1.54) is 16.7 Å². The molecule has 1 unspecified atom stereocenters. The molecule has 0 radical (unpaired) electrons. The summed E-state index contributed by atoms with van der Waals surface area (Å²) in [6, 6.07) is 8.21. The van der Waals surface area contributed by atoms with E-state index in [0.717, 1.165) is 35.8 Å². The van der Waals surface area contributed by atoms with Crippen LogP contribution < -0.4 is 14.2 Å². The molecule has 0 saturated carbocycles. The van der Waals surface area contributed by atoms with Gasteiger partial charge >= 0.3 is 0 Å². The number of nitrogens with zero attached hydrogens (tertiary/aromatic N) is 5. The lowest BCUT2D eigenvalue weighted by atomic mass is 9.90. The minimum Gasteiger partial charge on any atom is -0.492 e. The predicted octanol–water partition coefficient (Wildman–Crippen LogP) is 2.59. The van der Waals surface area contributed by atoms with Crippen LogP contribution in [0.2, 0.25) is 0 Å². The highest BCUT2D eigenvalue weighted by molar-refractivity contribution is 5.62. The van der Waals surface area contributed by atoms with Crippen molar-refractivity contribution in [3.05, 3.63) is 52.3 Å². The van der Waals surface area contributed by atoms with Gasteiger partial charge in [0.1, 0.15) is 6.04 Å². The molecule has 3 aromatic rings. The molecule has 0 spiro atoms. The van der Waals surface area contributed by atoms with Crippen LogP contribution >= 0.6 is 0 Å². The molecule has 0 bridgehead atoms. The average Bonchev–Trinajstić information content (AvgIpc) is 3.34. The maximum absolute atomic E-state index is 5.81. The number of aryl methyl sites for hydroxylation is 2. The second-order valence-corrected chi connectivity index (χ2v) is 7.64. The van der Waals surface area contributed by atoms with Gasteiger partial charge in [-0.1, -0.05) is 6.07 Å². The minimum atomic E-state index is -0.168. The van der Waals surface area contributed by atoms with Crippen molar-refractivity contribution in [2.45, 2.75) is 26.3 Å². The molecular weight excluding hydrogens is 370 g/mol. The first-order valence-corrected chi connectivity index (χ1v) is 9.63. The highest BCUT2D eigenvalue weighted by atomic mass is 16.7. The van der Waals surface area contributed by atoms with E-state index in [9.17, 15) is 0 Å². The monoisotopic (exact) mass is 393 g/mol. The molecule has 0 saturated heterocycles. The minimum absolute atomic E-state index is 0.168. The van der Waals surface area contributed by atoms with Gasteiger partial charge in [0.05, 0.1) is 12.8 Å². The van der Waals surface area contributed by atoms with E-state index in [-0.39, 0.29) is 12.8 Å². The van der Waals surface area contributed by atoms with Gasteiger partial charge in [-0.25, -0.2) is 0 Å². The number of rotatable bonds is 3. The maximum atomic E-state index is 5.81. The molecule has 0 amide bonds. The lowest BCUT2D eigenvalue weighted by Gasteiger charge is -2.34. The van der Waals surface area contributed by atoms with Crippen molar-refractivity contribution in [3.63, 3.8) is 0 Å². The summed E-state index contributed by atoms with van der Waals surface area (Å²) in [6.45, 7) is 5.23. The van der Waals surface area contributed by atoms with E-state index in [1.54, 1.807) is 7.11 Å². The Balaban J connectivity index is 1.71. The molecule has 3 heterocycles. The zero-order valence-corrected chi connectivity index (χ0v) is 17.0. The van der Waals surface area contributed by atoms with Crippen LogP contribution in [0.5, 0.6) is 17.2 Å². The van der Waals surface area contributed by atoms with Gasteiger partial charge in [0, 0.05) is 12.1 Å². The Hall–Kier alpha value is -3.13. The van der Waals surface area contributed by atoms with Crippen molar-refractivity contribution in [3.8, 4) is 22.9 Å². The van der Waals surface area contributed by atoms with Gasteiger partial charge in [-0.3, -0.25) is 4.90 Å². The van der Waals surface area contributed by atoms with Crippen LogP contribution in [0.15, 0.2) is 24.3 Å². The first kappa shape index (κ1) is 17.9. The third-order valence-electron chi connectivity index (χ3n) is 5.59. The smallest absolute Gasteiger partial charge is 0.231 e. The van der Waals surface area contributed by atoms with E-state index in [0.29, 0.717) is 11.5 Å². The molecule has 1 atom stereocenters. The van der Waals surface area contributed by atoms with E-state index in [4.69, 9.17) is 14.2 Å². The summed E-state index contributed by atoms with van der Waals surface area (Å²) in [5.74, 6) is 2.83. The number of ether oxygens (including phenoxy) is 3. The zero-order valence-electron chi connectivity index (χ0n) is 17.0. The zero-order chi connectivity index (χ0) is 20.1. The first-order chi connectivity index (χ1) is 14.1. The highest BCUT2D eigenvalue weighted by Gasteiger charge is 2.37. The van der Waals surface area contributed by atoms with Crippen molar-refractivity contribution in [1.82, 2.24) is 25.1 Å².